The first-order chi connectivity index (χ1) is 6.27. The van der Waals surface area contributed by atoms with Gasteiger partial charge in [0.15, 0.2) is 0 Å². The maximum atomic E-state index is 13.2. The maximum Gasteiger partial charge on any atom is 0.130 e. The van der Waals surface area contributed by atoms with E-state index >= 15 is 0 Å². The molecule has 0 atom stereocenters. The molecule has 0 aliphatic heterocycles. The summed E-state index contributed by atoms with van der Waals surface area (Å²) in [4.78, 5) is 10.1. The van der Waals surface area contributed by atoms with Crippen LogP contribution in [0, 0.1) is 5.82 Å². The Morgan fingerprint density at radius 3 is 2.85 bits per heavy atom. The number of rotatable bonds is 4. The third-order valence-electron chi connectivity index (χ3n) is 1.79. The predicted octanol–water partition coefficient (Wildman–Crippen LogP) is 1.97. The third kappa shape index (κ3) is 2.54. The average molecular weight is 182 g/mol. The average Bonchev–Trinajstić information content (AvgIpc) is 2.16. The standard InChI is InChI=1S/C10H11FO2/c1-13-9-5-4-8(3-2-6-12)10(11)7-9/h4-7H,2-3H2,1H3. The first-order valence-corrected chi connectivity index (χ1v) is 4.04. The van der Waals surface area contributed by atoms with Gasteiger partial charge in [0.25, 0.3) is 0 Å². The Morgan fingerprint density at radius 1 is 1.54 bits per heavy atom. The molecule has 0 saturated carbocycles. The fraction of sp³-hybridized carbons (Fsp3) is 0.300. The molecule has 1 rings (SSSR count). The van der Waals surface area contributed by atoms with Crippen molar-refractivity contribution >= 4 is 6.29 Å². The highest BCUT2D eigenvalue weighted by Gasteiger charge is 2.02. The quantitative estimate of drug-likeness (QED) is 0.665. The summed E-state index contributed by atoms with van der Waals surface area (Å²) < 4.78 is 18.0. The first kappa shape index (κ1) is 9.71. The minimum Gasteiger partial charge on any atom is -0.497 e. The number of aryl methyl sites for hydroxylation is 1. The van der Waals surface area contributed by atoms with Crippen LogP contribution in [0.3, 0.4) is 0 Å². The minimum absolute atomic E-state index is 0.318. The van der Waals surface area contributed by atoms with E-state index in [9.17, 15) is 9.18 Å². The van der Waals surface area contributed by atoms with Crippen LogP contribution in [0.15, 0.2) is 18.2 Å². The summed E-state index contributed by atoms with van der Waals surface area (Å²) in [6.07, 6.45) is 1.58. The van der Waals surface area contributed by atoms with E-state index in [0.717, 1.165) is 6.29 Å². The van der Waals surface area contributed by atoms with Crippen molar-refractivity contribution in [1.82, 2.24) is 0 Å². The van der Waals surface area contributed by atoms with Crippen LogP contribution in [-0.4, -0.2) is 13.4 Å². The molecule has 0 radical (unpaired) electrons. The van der Waals surface area contributed by atoms with Crippen LogP contribution in [-0.2, 0) is 11.2 Å². The van der Waals surface area contributed by atoms with Crippen molar-refractivity contribution in [2.45, 2.75) is 12.8 Å². The molecular weight excluding hydrogens is 171 g/mol. The molecule has 0 N–H and O–H groups in total. The fourth-order valence-electron chi connectivity index (χ4n) is 1.07. The Balaban J connectivity index is 2.78. The number of halogens is 1. The van der Waals surface area contributed by atoms with Crippen LogP contribution in [0.25, 0.3) is 0 Å². The van der Waals surface area contributed by atoms with E-state index in [4.69, 9.17) is 4.74 Å². The number of ether oxygens (including phenoxy) is 1. The number of carbonyl (C=O) groups is 1. The zero-order valence-corrected chi connectivity index (χ0v) is 7.42. The van der Waals surface area contributed by atoms with E-state index in [1.807, 2.05) is 0 Å². The summed E-state index contributed by atoms with van der Waals surface area (Å²) in [5, 5.41) is 0. The van der Waals surface area contributed by atoms with Crippen LogP contribution in [0.4, 0.5) is 4.39 Å². The van der Waals surface area contributed by atoms with E-state index in [-0.39, 0.29) is 5.82 Å². The predicted molar refractivity (Wildman–Crippen MR) is 47.3 cm³/mol. The molecule has 0 amide bonds. The molecule has 0 heterocycles. The van der Waals surface area contributed by atoms with Crippen molar-refractivity contribution in [3.63, 3.8) is 0 Å². The van der Waals surface area contributed by atoms with Gasteiger partial charge in [0.2, 0.25) is 0 Å². The lowest BCUT2D eigenvalue weighted by Crippen LogP contribution is -1.92. The second kappa shape index (κ2) is 4.60. The molecule has 13 heavy (non-hydrogen) atoms. The molecule has 0 unspecified atom stereocenters. The van der Waals surface area contributed by atoms with Crippen molar-refractivity contribution in [2.24, 2.45) is 0 Å². The molecule has 2 nitrogen and oxygen atoms in total. The zero-order chi connectivity index (χ0) is 9.68. The fourth-order valence-corrected chi connectivity index (χ4v) is 1.07. The highest BCUT2D eigenvalue weighted by molar-refractivity contribution is 5.50. The van der Waals surface area contributed by atoms with Crippen LogP contribution in [0.5, 0.6) is 5.75 Å². The van der Waals surface area contributed by atoms with Gasteiger partial charge in [-0.05, 0) is 18.1 Å². The Labute approximate surface area is 76.3 Å². The monoisotopic (exact) mass is 182 g/mol. The summed E-state index contributed by atoms with van der Waals surface area (Å²) in [5.74, 6) is 0.175. The highest BCUT2D eigenvalue weighted by Crippen LogP contribution is 2.16. The summed E-state index contributed by atoms with van der Waals surface area (Å²) >= 11 is 0. The van der Waals surface area contributed by atoms with Gasteiger partial charge in [0, 0.05) is 12.5 Å². The second-order valence-electron chi connectivity index (χ2n) is 2.66. The smallest absolute Gasteiger partial charge is 0.130 e. The van der Waals surface area contributed by atoms with Crippen LogP contribution in [0.1, 0.15) is 12.0 Å². The Morgan fingerprint density at radius 2 is 2.31 bits per heavy atom. The molecule has 1 aromatic rings. The third-order valence-corrected chi connectivity index (χ3v) is 1.79. The van der Waals surface area contributed by atoms with Crippen molar-refractivity contribution < 1.29 is 13.9 Å². The van der Waals surface area contributed by atoms with Gasteiger partial charge in [-0.25, -0.2) is 4.39 Å². The Hall–Kier alpha value is -1.38. The molecule has 0 fully saturated rings. The first-order valence-electron chi connectivity index (χ1n) is 4.04. The maximum absolute atomic E-state index is 13.2. The Bertz CT molecular complexity index is 297. The van der Waals surface area contributed by atoms with E-state index in [1.165, 1.54) is 13.2 Å². The molecule has 0 aliphatic rings. The van der Waals surface area contributed by atoms with Gasteiger partial charge in [0.05, 0.1) is 7.11 Å². The number of hydrogen-bond acceptors (Lipinski definition) is 2. The molecule has 0 bridgehead atoms. The second-order valence-corrected chi connectivity index (χ2v) is 2.66. The molecule has 70 valence electrons. The van der Waals surface area contributed by atoms with Crippen molar-refractivity contribution in [2.75, 3.05) is 7.11 Å². The van der Waals surface area contributed by atoms with Gasteiger partial charge in [-0.1, -0.05) is 6.07 Å². The number of carbonyl (C=O) groups excluding carboxylic acids is 1. The van der Waals surface area contributed by atoms with Gasteiger partial charge >= 0.3 is 0 Å². The van der Waals surface area contributed by atoms with Crippen molar-refractivity contribution in [3.05, 3.63) is 29.6 Å². The van der Waals surface area contributed by atoms with E-state index in [0.29, 0.717) is 24.2 Å². The number of methoxy groups -OCH3 is 1. The lowest BCUT2D eigenvalue weighted by molar-refractivity contribution is -0.107. The summed E-state index contributed by atoms with van der Waals surface area (Å²) in [7, 11) is 1.49. The molecular formula is C10H11FO2. The summed E-state index contributed by atoms with van der Waals surface area (Å²) in [5.41, 5.74) is 0.549. The molecule has 0 spiro atoms. The molecule has 1 aromatic carbocycles. The number of benzene rings is 1. The van der Waals surface area contributed by atoms with Crippen molar-refractivity contribution in [1.29, 1.82) is 0 Å². The van der Waals surface area contributed by atoms with Gasteiger partial charge in [0.1, 0.15) is 17.9 Å². The van der Waals surface area contributed by atoms with Gasteiger partial charge in [-0.2, -0.15) is 0 Å². The zero-order valence-electron chi connectivity index (χ0n) is 7.42. The van der Waals surface area contributed by atoms with Gasteiger partial charge < -0.3 is 9.53 Å². The molecule has 0 aliphatic carbocycles. The lowest BCUT2D eigenvalue weighted by atomic mass is 10.1. The van der Waals surface area contributed by atoms with Crippen LogP contribution >= 0.6 is 0 Å². The molecule has 0 saturated heterocycles. The highest BCUT2D eigenvalue weighted by atomic mass is 19.1. The lowest BCUT2D eigenvalue weighted by Gasteiger charge is -2.03. The van der Waals surface area contributed by atoms with E-state index in [2.05, 4.69) is 0 Å². The normalized spacial score (nSPS) is 9.69. The summed E-state index contributed by atoms with van der Waals surface area (Å²) in [6.45, 7) is 0. The van der Waals surface area contributed by atoms with Crippen LogP contribution < -0.4 is 4.74 Å². The minimum atomic E-state index is -0.318. The van der Waals surface area contributed by atoms with Gasteiger partial charge in [-0.3, -0.25) is 0 Å². The topological polar surface area (TPSA) is 26.3 Å². The SMILES string of the molecule is COc1ccc(CCC=O)c(F)c1. The number of aldehydes is 1. The summed E-state index contributed by atoms with van der Waals surface area (Å²) in [6, 6.07) is 4.64. The van der Waals surface area contributed by atoms with E-state index in [1.54, 1.807) is 12.1 Å². The van der Waals surface area contributed by atoms with E-state index < -0.39 is 0 Å². The van der Waals surface area contributed by atoms with Crippen LogP contribution in [0.2, 0.25) is 0 Å². The largest absolute Gasteiger partial charge is 0.497 e. The molecule has 0 aromatic heterocycles. The van der Waals surface area contributed by atoms with Crippen molar-refractivity contribution in [3.8, 4) is 5.75 Å². The van der Waals surface area contributed by atoms with Gasteiger partial charge in [-0.15, -0.1) is 0 Å². The molecule has 3 heteroatoms. The Kier molecular flexibility index (Phi) is 3.43. The number of hydrogen-bond donors (Lipinski definition) is 0.